The average molecular weight is 192 g/mol. The lowest BCUT2D eigenvalue weighted by molar-refractivity contribution is 0.476. The molecule has 0 bridgehead atoms. The van der Waals surface area contributed by atoms with Gasteiger partial charge in [0.2, 0.25) is 0 Å². The van der Waals surface area contributed by atoms with Crippen molar-refractivity contribution in [1.29, 1.82) is 0 Å². The summed E-state index contributed by atoms with van der Waals surface area (Å²) < 4.78 is 0. The molecule has 13 heavy (non-hydrogen) atoms. The Morgan fingerprint density at radius 3 is 2.92 bits per heavy atom. The van der Waals surface area contributed by atoms with Crippen molar-refractivity contribution in [2.75, 3.05) is 6.26 Å². The van der Waals surface area contributed by atoms with Gasteiger partial charge in [-0.3, -0.25) is 0 Å². The number of fused-ring (bicyclic) bond motifs is 1. The lowest BCUT2D eigenvalue weighted by atomic mass is 10.2. The van der Waals surface area contributed by atoms with Gasteiger partial charge in [-0.2, -0.15) is 0 Å². The summed E-state index contributed by atoms with van der Waals surface area (Å²) in [6, 6.07) is 5.11. The van der Waals surface area contributed by atoms with Crippen LogP contribution in [0.5, 0.6) is 5.75 Å². The van der Waals surface area contributed by atoms with Crippen molar-refractivity contribution < 1.29 is 5.11 Å². The summed E-state index contributed by atoms with van der Waals surface area (Å²) in [6.45, 7) is 0. The van der Waals surface area contributed by atoms with Gasteiger partial charge in [-0.05, 0) is 18.4 Å². The van der Waals surface area contributed by atoms with E-state index in [9.17, 15) is 5.11 Å². The van der Waals surface area contributed by atoms with E-state index in [0.29, 0.717) is 0 Å². The Hall–Kier alpha value is -1.29. The molecule has 0 saturated heterocycles. The monoisotopic (exact) mass is 192 g/mol. The first-order valence-electron chi connectivity index (χ1n) is 3.79. The van der Waals surface area contributed by atoms with E-state index in [1.54, 1.807) is 23.9 Å². The molecule has 1 aromatic carbocycles. The molecule has 0 aliphatic carbocycles. The number of hydrogen-bond donors (Lipinski definition) is 1. The standard InChI is InChI=1S/C9H8N2OS/c1-13-9-7-3-2-6(12)4-8(7)10-5-11-9/h2-5,12H,1H3. The maximum absolute atomic E-state index is 9.23. The summed E-state index contributed by atoms with van der Waals surface area (Å²) in [6.07, 6.45) is 3.47. The Labute approximate surface area is 79.8 Å². The predicted octanol–water partition coefficient (Wildman–Crippen LogP) is 2.06. The highest BCUT2D eigenvalue weighted by Gasteiger charge is 2.01. The minimum Gasteiger partial charge on any atom is -0.508 e. The van der Waals surface area contributed by atoms with Gasteiger partial charge in [0.25, 0.3) is 0 Å². The fraction of sp³-hybridized carbons (Fsp3) is 0.111. The van der Waals surface area contributed by atoms with E-state index in [-0.39, 0.29) is 5.75 Å². The molecule has 4 heteroatoms. The van der Waals surface area contributed by atoms with Gasteiger partial charge in [0.1, 0.15) is 17.1 Å². The van der Waals surface area contributed by atoms with Crippen molar-refractivity contribution >= 4 is 22.7 Å². The molecule has 0 amide bonds. The molecule has 0 saturated carbocycles. The molecule has 0 radical (unpaired) electrons. The van der Waals surface area contributed by atoms with E-state index in [1.807, 2.05) is 12.3 Å². The molecule has 0 aliphatic heterocycles. The van der Waals surface area contributed by atoms with Crippen LogP contribution in [0.2, 0.25) is 0 Å². The highest BCUT2D eigenvalue weighted by Crippen LogP contribution is 2.24. The zero-order valence-corrected chi connectivity index (χ0v) is 7.88. The first-order chi connectivity index (χ1) is 6.31. The fourth-order valence-corrected chi connectivity index (χ4v) is 1.73. The molecule has 1 aromatic heterocycles. The molecule has 66 valence electrons. The smallest absolute Gasteiger partial charge is 0.117 e. The normalized spacial score (nSPS) is 10.5. The van der Waals surface area contributed by atoms with Crippen LogP contribution in [0.4, 0.5) is 0 Å². The molecule has 3 nitrogen and oxygen atoms in total. The van der Waals surface area contributed by atoms with E-state index < -0.39 is 0 Å². The summed E-state index contributed by atoms with van der Waals surface area (Å²) >= 11 is 1.57. The van der Waals surface area contributed by atoms with Crippen LogP contribution in [0.1, 0.15) is 0 Å². The summed E-state index contributed by atoms with van der Waals surface area (Å²) in [7, 11) is 0. The lowest BCUT2D eigenvalue weighted by Gasteiger charge is -2.01. The topological polar surface area (TPSA) is 46.0 Å². The van der Waals surface area contributed by atoms with E-state index in [2.05, 4.69) is 9.97 Å². The van der Waals surface area contributed by atoms with Crippen molar-refractivity contribution in [2.45, 2.75) is 5.03 Å². The fourth-order valence-electron chi connectivity index (χ4n) is 1.18. The van der Waals surface area contributed by atoms with Gasteiger partial charge >= 0.3 is 0 Å². The van der Waals surface area contributed by atoms with Crippen LogP contribution in [0, 0.1) is 0 Å². The second-order valence-electron chi connectivity index (χ2n) is 2.58. The molecule has 1 heterocycles. The number of aromatic hydroxyl groups is 1. The molecule has 0 fully saturated rings. The van der Waals surface area contributed by atoms with Crippen molar-refractivity contribution in [3.63, 3.8) is 0 Å². The maximum atomic E-state index is 9.23. The van der Waals surface area contributed by atoms with Crippen molar-refractivity contribution in [1.82, 2.24) is 9.97 Å². The van der Waals surface area contributed by atoms with Gasteiger partial charge in [0.15, 0.2) is 0 Å². The summed E-state index contributed by atoms with van der Waals surface area (Å²) in [5.74, 6) is 0.234. The highest BCUT2D eigenvalue weighted by atomic mass is 32.2. The first kappa shape index (κ1) is 8.31. The number of aromatic nitrogens is 2. The molecule has 2 rings (SSSR count). The highest BCUT2D eigenvalue weighted by molar-refractivity contribution is 7.98. The lowest BCUT2D eigenvalue weighted by Crippen LogP contribution is -1.85. The first-order valence-corrected chi connectivity index (χ1v) is 5.01. The minimum absolute atomic E-state index is 0.234. The van der Waals surface area contributed by atoms with Gasteiger partial charge in [-0.1, -0.05) is 0 Å². The van der Waals surface area contributed by atoms with Crippen molar-refractivity contribution in [2.24, 2.45) is 0 Å². The van der Waals surface area contributed by atoms with Crippen molar-refractivity contribution in [3.8, 4) is 5.75 Å². The van der Waals surface area contributed by atoms with Crippen LogP contribution in [0.3, 0.4) is 0 Å². The number of thioether (sulfide) groups is 1. The Balaban J connectivity index is 2.77. The third-order valence-corrected chi connectivity index (χ3v) is 2.49. The Bertz CT molecular complexity index is 445. The molecule has 0 aliphatic rings. The molecule has 1 N–H and O–H groups in total. The summed E-state index contributed by atoms with van der Waals surface area (Å²) in [5.41, 5.74) is 0.777. The third-order valence-electron chi connectivity index (χ3n) is 1.78. The molecular formula is C9H8N2OS. The predicted molar refractivity (Wildman–Crippen MR) is 53.0 cm³/mol. The summed E-state index contributed by atoms with van der Waals surface area (Å²) in [5, 5.41) is 11.1. The van der Waals surface area contributed by atoms with Crippen LogP contribution >= 0.6 is 11.8 Å². The number of phenolic OH excluding ortho intramolecular Hbond substituents is 1. The van der Waals surface area contributed by atoms with E-state index in [1.165, 1.54) is 6.33 Å². The number of nitrogens with zero attached hydrogens (tertiary/aromatic N) is 2. The molecule has 0 unspecified atom stereocenters. The number of hydrogen-bond acceptors (Lipinski definition) is 4. The number of benzene rings is 1. The Morgan fingerprint density at radius 2 is 2.15 bits per heavy atom. The molecule has 2 aromatic rings. The SMILES string of the molecule is CSc1ncnc2cc(O)ccc12. The van der Waals surface area contributed by atoms with Gasteiger partial charge in [0.05, 0.1) is 5.52 Å². The van der Waals surface area contributed by atoms with Crippen molar-refractivity contribution in [3.05, 3.63) is 24.5 Å². The number of rotatable bonds is 1. The quantitative estimate of drug-likeness (QED) is 0.555. The van der Waals surface area contributed by atoms with Gasteiger partial charge in [-0.25, -0.2) is 9.97 Å². The van der Waals surface area contributed by atoms with Gasteiger partial charge in [-0.15, -0.1) is 11.8 Å². The van der Waals surface area contributed by atoms with Crippen LogP contribution in [0.15, 0.2) is 29.6 Å². The Kier molecular flexibility index (Phi) is 2.06. The van der Waals surface area contributed by atoms with Gasteiger partial charge < -0.3 is 5.11 Å². The zero-order chi connectivity index (χ0) is 9.26. The second kappa shape index (κ2) is 3.22. The largest absolute Gasteiger partial charge is 0.508 e. The molecule has 0 atom stereocenters. The Morgan fingerprint density at radius 1 is 1.31 bits per heavy atom. The third kappa shape index (κ3) is 1.45. The van der Waals surface area contributed by atoms with Crippen LogP contribution in [0.25, 0.3) is 10.9 Å². The van der Waals surface area contributed by atoms with E-state index in [0.717, 1.165) is 15.9 Å². The molecular weight excluding hydrogens is 184 g/mol. The number of phenols is 1. The van der Waals surface area contributed by atoms with E-state index >= 15 is 0 Å². The average Bonchev–Trinajstić information content (AvgIpc) is 2.16. The zero-order valence-electron chi connectivity index (χ0n) is 7.06. The molecule has 0 spiro atoms. The van der Waals surface area contributed by atoms with Gasteiger partial charge in [0, 0.05) is 11.5 Å². The second-order valence-corrected chi connectivity index (χ2v) is 3.38. The maximum Gasteiger partial charge on any atom is 0.117 e. The van der Waals surface area contributed by atoms with E-state index in [4.69, 9.17) is 0 Å². The summed E-state index contributed by atoms with van der Waals surface area (Å²) in [4.78, 5) is 8.19. The van der Waals surface area contributed by atoms with Crippen LogP contribution in [-0.4, -0.2) is 21.3 Å². The van der Waals surface area contributed by atoms with Crippen LogP contribution in [-0.2, 0) is 0 Å². The minimum atomic E-state index is 0.234. The van der Waals surface area contributed by atoms with Crippen LogP contribution < -0.4 is 0 Å².